The zero-order chi connectivity index (χ0) is 36.0. The van der Waals surface area contributed by atoms with Crippen molar-refractivity contribution >= 4 is 24.0 Å². The average Bonchev–Trinajstić information content (AvgIpc) is 3.02. The first-order chi connectivity index (χ1) is 22.7. The Bertz CT molecular complexity index is 1210. The zero-order valence-electron chi connectivity index (χ0n) is 28.5. The monoisotopic (exact) mass is 681 g/mol. The van der Waals surface area contributed by atoms with Crippen molar-refractivity contribution < 1.29 is 37.0 Å². The van der Waals surface area contributed by atoms with Crippen LogP contribution >= 0.6 is 0 Å². The second kappa shape index (κ2) is 22.4. The highest BCUT2D eigenvalue weighted by Crippen LogP contribution is 2.19. The normalized spacial score (nSPS) is 11.6. The van der Waals surface area contributed by atoms with Gasteiger partial charge in [0.25, 0.3) is 0 Å². The highest BCUT2D eigenvalue weighted by atomic mass is 19.4. The number of nitrogens with one attached hydrogen (secondary N) is 1. The van der Waals surface area contributed by atoms with Crippen molar-refractivity contribution in [2.45, 2.75) is 64.7 Å². The van der Waals surface area contributed by atoms with Gasteiger partial charge in [0.2, 0.25) is 5.91 Å². The molecule has 0 saturated carbocycles. The largest absolute Gasteiger partial charge is 0.497 e. The lowest BCUT2D eigenvalue weighted by Gasteiger charge is -2.26. The van der Waals surface area contributed by atoms with E-state index in [4.69, 9.17) is 15.0 Å². The maximum Gasteiger partial charge on any atom is 0.471 e. The van der Waals surface area contributed by atoms with Crippen LogP contribution in [0, 0.1) is 0 Å². The summed E-state index contributed by atoms with van der Waals surface area (Å²) in [4.78, 5) is 44.1. The molecular formula is C33H50F3N7O5. The summed E-state index contributed by atoms with van der Waals surface area (Å²) in [5, 5.41) is 6.03. The number of nitrogens with zero attached hydrogens (tertiary/aromatic N) is 6. The molecule has 0 saturated heterocycles. The summed E-state index contributed by atoms with van der Waals surface area (Å²) in [6, 6.07) is 7.29. The number of alkyl carbamates (subject to hydrolysis) is 1. The molecule has 1 rings (SSSR count). The maximum atomic E-state index is 13.2. The van der Waals surface area contributed by atoms with Gasteiger partial charge in [-0.1, -0.05) is 23.3 Å². The van der Waals surface area contributed by atoms with Crippen LogP contribution in [0.3, 0.4) is 0 Å². The Morgan fingerprint density at radius 2 is 1.54 bits per heavy atom. The van der Waals surface area contributed by atoms with Crippen LogP contribution in [0.1, 0.15) is 58.4 Å². The Balaban J connectivity index is 2.75. The molecule has 0 heterocycles. The van der Waals surface area contributed by atoms with Gasteiger partial charge >= 0.3 is 18.2 Å². The standard InChI is InChI=1S/C33H50F3N7O5/c1-6-20-41(22-11-26-43(25-10-19-39-40-37)30(45)33(34,35)36)21-7-8-23-42(24-9-18-38-31(46)48-32(2,3)4)29(44)17-14-27-12-15-28(47-5)16-13-27/h6,12-17H,1,7-11,18-26H2,2-5H3,(H,38,46)/b17-14+. The van der Waals surface area contributed by atoms with Crippen molar-refractivity contribution in [3.63, 3.8) is 0 Å². The lowest BCUT2D eigenvalue weighted by atomic mass is 10.2. The number of hydrogen-bond donors (Lipinski definition) is 1. The number of methoxy groups -OCH3 is 1. The van der Waals surface area contributed by atoms with E-state index in [2.05, 4.69) is 21.9 Å². The fraction of sp³-hybridized carbons (Fsp3) is 0.606. The van der Waals surface area contributed by atoms with Gasteiger partial charge in [-0.05, 0) is 88.7 Å². The van der Waals surface area contributed by atoms with Crippen LogP contribution in [-0.2, 0) is 14.3 Å². The Labute approximate surface area is 281 Å². The Kier molecular flexibility index (Phi) is 19.5. The lowest BCUT2D eigenvalue weighted by Crippen LogP contribution is -2.43. The minimum absolute atomic E-state index is 0.00221. The average molecular weight is 682 g/mol. The number of amides is 3. The Hall–Kier alpha value is -4.23. The van der Waals surface area contributed by atoms with Gasteiger partial charge in [0.1, 0.15) is 11.4 Å². The molecule has 3 amide bonds. The van der Waals surface area contributed by atoms with Gasteiger partial charge in [0.05, 0.1) is 7.11 Å². The van der Waals surface area contributed by atoms with Gasteiger partial charge in [-0.15, -0.1) is 6.58 Å². The first kappa shape index (κ1) is 41.8. The molecular weight excluding hydrogens is 631 g/mol. The molecule has 1 N–H and O–H groups in total. The molecule has 12 nitrogen and oxygen atoms in total. The summed E-state index contributed by atoms with van der Waals surface area (Å²) in [5.74, 6) is -1.39. The molecule has 0 fully saturated rings. The number of carbonyl (C=O) groups excluding carboxylic acids is 3. The number of azide groups is 1. The minimum atomic E-state index is -4.99. The molecule has 0 bridgehead atoms. The van der Waals surface area contributed by atoms with Gasteiger partial charge in [-0.25, -0.2) is 4.79 Å². The van der Waals surface area contributed by atoms with E-state index >= 15 is 0 Å². The number of hydrogen-bond acceptors (Lipinski definition) is 7. The quantitative estimate of drug-likeness (QED) is 0.0386. The third-order valence-corrected chi connectivity index (χ3v) is 6.84. The second-order valence-corrected chi connectivity index (χ2v) is 12.0. The van der Waals surface area contributed by atoms with Crippen LogP contribution in [0.15, 0.2) is 48.1 Å². The third-order valence-electron chi connectivity index (χ3n) is 6.84. The molecule has 48 heavy (non-hydrogen) atoms. The van der Waals surface area contributed by atoms with Crippen LogP contribution in [0.25, 0.3) is 16.5 Å². The van der Waals surface area contributed by atoms with Crippen molar-refractivity contribution in [1.29, 1.82) is 0 Å². The van der Waals surface area contributed by atoms with E-state index in [-0.39, 0.29) is 32.0 Å². The molecule has 0 spiro atoms. The minimum Gasteiger partial charge on any atom is -0.497 e. The number of alkyl halides is 3. The number of carbonyl (C=O) groups is 3. The number of rotatable bonds is 22. The first-order valence-corrected chi connectivity index (χ1v) is 16.0. The summed E-state index contributed by atoms with van der Waals surface area (Å²) >= 11 is 0. The molecule has 0 unspecified atom stereocenters. The number of halogens is 3. The summed E-state index contributed by atoms with van der Waals surface area (Å²) in [6.07, 6.45) is 1.74. The molecule has 15 heteroatoms. The fourth-order valence-electron chi connectivity index (χ4n) is 4.57. The second-order valence-electron chi connectivity index (χ2n) is 12.0. The third kappa shape index (κ3) is 18.8. The number of ether oxygens (including phenoxy) is 2. The fourth-order valence-corrected chi connectivity index (χ4v) is 4.57. The molecule has 0 atom stereocenters. The smallest absolute Gasteiger partial charge is 0.471 e. The van der Waals surface area contributed by atoms with Crippen molar-refractivity contribution in [3.05, 3.63) is 59.0 Å². The van der Waals surface area contributed by atoms with Crippen LogP contribution in [-0.4, -0.2) is 110 Å². The van der Waals surface area contributed by atoms with Crippen molar-refractivity contribution in [3.8, 4) is 5.75 Å². The van der Waals surface area contributed by atoms with Crippen LogP contribution in [0.5, 0.6) is 5.75 Å². The van der Waals surface area contributed by atoms with Gasteiger partial charge in [-0.2, -0.15) is 13.2 Å². The van der Waals surface area contributed by atoms with Crippen LogP contribution in [0.4, 0.5) is 18.0 Å². The molecule has 1 aromatic carbocycles. The van der Waals surface area contributed by atoms with E-state index in [0.29, 0.717) is 70.7 Å². The molecule has 268 valence electrons. The highest BCUT2D eigenvalue weighted by Gasteiger charge is 2.42. The van der Waals surface area contributed by atoms with E-state index in [1.807, 2.05) is 17.0 Å². The van der Waals surface area contributed by atoms with Crippen LogP contribution < -0.4 is 10.1 Å². The molecule has 0 radical (unpaired) electrons. The predicted molar refractivity (Wildman–Crippen MR) is 179 cm³/mol. The summed E-state index contributed by atoms with van der Waals surface area (Å²) in [7, 11) is 1.58. The Morgan fingerprint density at radius 3 is 2.15 bits per heavy atom. The van der Waals surface area contributed by atoms with E-state index in [1.165, 1.54) is 6.08 Å². The highest BCUT2D eigenvalue weighted by molar-refractivity contribution is 5.91. The van der Waals surface area contributed by atoms with Gasteiger partial charge in [0.15, 0.2) is 0 Å². The summed E-state index contributed by atoms with van der Waals surface area (Å²) in [6.45, 7) is 11.6. The summed E-state index contributed by atoms with van der Waals surface area (Å²) in [5.41, 5.74) is 8.60. The summed E-state index contributed by atoms with van der Waals surface area (Å²) < 4.78 is 49.8. The van der Waals surface area contributed by atoms with Crippen molar-refractivity contribution in [2.75, 3.05) is 66.0 Å². The maximum absolute atomic E-state index is 13.2. The van der Waals surface area contributed by atoms with Gasteiger partial charge < -0.3 is 24.6 Å². The SMILES string of the molecule is C=CCN(CCCCN(CCCNC(=O)OC(C)(C)C)C(=O)/C=C/c1ccc(OC)cc1)CCCN(CCCN=[N+]=[N-])C(=O)C(F)(F)F. The molecule has 0 aliphatic carbocycles. The van der Waals surface area contributed by atoms with Crippen LogP contribution in [0.2, 0.25) is 0 Å². The van der Waals surface area contributed by atoms with E-state index in [0.717, 1.165) is 10.5 Å². The molecule has 0 aliphatic heterocycles. The number of unbranched alkanes of at least 4 members (excludes halogenated alkanes) is 1. The zero-order valence-corrected chi connectivity index (χ0v) is 28.5. The first-order valence-electron chi connectivity index (χ1n) is 16.0. The van der Waals surface area contributed by atoms with E-state index in [9.17, 15) is 27.6 Å². The van der Waals surface area contributed by atoms with Crippen molar-refractivity contribution in [2.24, 2.45) is 5.11 Å². The molecule has 1 aromatic rings. The topological polar surface area (TPSA) is 140 Å². The van der Waals surface area contributed by atoms with Gasteiger partial charge in [0, 0.05) is 63.3 Å². The molecule has 0 aromatic heterocycles. The molecule has 0 aliphatic rings. The van der Waals surface area contributed by atoms with Crippen molar-refractivity contribution in [1.82, 2.24) is 20.0 Å². The number of benzene rings is 1. The van der Waals surface area contributed by atoms with E-state index in [1.54, 1.807) is 57.1 Å². The lowest BCUT2D eigenvalue weighted by molar-refractivity contribution is -0.185. The van der Waals surface area contributed by atoms with E-state index < -0.39 is 23.8 Å². The predicted octanol–water partition coefficient (Wildman–Crippen LogP) is 6.20. The Morgan fingerprint density at radius 1 is 0.938 bits per heavy atom. The van der Waals surface area contributed by atoms with Gasteiger partial charge in [-0.3, -0.25) is 14.5 Å².